The van der Waals surface area contributed by atoms with Gasteiger partial charge in [0.15, 0.2) is 0 Å². The summed E-state index contributed by atoms with van der Waals surface area (Å²) in [4.78, 5) is 19.8. The van der Waals surface area contributed by atoms with Gasteiger partial charge in [-0.25, -0.2) is 9.97 Å². The quantitative estimate of drug-likeness (QED) is 0.717. The number of aromatic nitrogens is 2. The van der Waals surface area contributed by atoms with Gasteiger partial charge >= 0.3 is 0 Å². The molecule has 1 aromatic heterocycles. The third-order valence-electron chi connectivity index (χ3n) is 2.30. The van der Waals surface area contributed by atoms with E-state index in [1.807, 2.05) is 32.0 Å². The zero-order valence-electron chi connectivity index (χ0n) is 9.27. The molecule has 2 aromatic rings. The lowest BCUT2D eigenvalue weighted by Gasteiger charge is -2.03. The van der Waals surface area contributed by atoms with Crippen molar-refractivity contribution in [1.29, 1.82) is 0 Å². The molecule has 0 unspecified atom stereocenters. The van der Waals surface area contributed by atoms with Gasteiger partial charge in [-0.2, -0.15) is 0 Å². The average molecular weight is 212 g/mol. The van der Waals surface area contributed by atoms with Crippen LogP contribution >= 0.6 is 0 Å². The first-order valence-corrected chi connectivity index (χ1v) is 5.06. The van der Waals surface area contributed by atoms with Crippen molar-refractivity contribution in [3.05, 3.63) is 59.2 Å². The summed E-state index contributed by atoms with van der Waals surface area (Å²) in [6.07, 6.45) is 2.96. The molecule has 0 radical (unpaired) electrons. The molecule has 1 aromatic carbocycles. The first-order valence-electron chi connectivity index (χ1n) is 5.06. The van der Waals surface area contributed by atoms with Crippen molar-refractivity contribution in [2.75, 3.05) is 0 Å². The lowest BCUT2D eigenvalue weighted by molar-refractivity contribution is 0.103. The van der Waals surface area contributed by atoms with Gasteiger partial charge in [0.1, 0.15) is 12.0 Å². The molecule has 0 saturated carbocycles. The van der Waals surface area contributed by atoms with Crippen molar-refractivity contribution < 1.29 is 4.79 Å². The maximum absolute atomic E-state index is 12.1. The molecule has 0 atom stereocenters. The highest BCUT2D eigenvalue weighted by Gasteiger charge is 2.10. The average Bonchev–Trinajstić information content (AvgIpc) is 2.28. The van der Waals surface area contributed by atoms with Gasteiger partial charge in [-0.1, -0.05) is 17.2 Å². The Morgan fingerprint density at radius 1 is 1.12 bits per heavy atom. The van der Waals surface area contributed by atoms with E-state index in [1.54, 1.807) is 12.3 Å². The van der Waals surface area contributed by atoms with Crippen LogP contribution in [-0.2, 0) is 0 Å². The van der Waals surface area contributed by atoms with Gasteiger partial charge in [0.25, 0.3) is 0 Å². The summed E-state index contributed by atoms with van der Waals surface area (Å²) in [5.74, 6) is -0.0609. The standard InChI is InChI=1S/C13H12N2O/c1-9-5-10(2)7-11(6-9)13(16)12-3-4-14-8-15-12/h3-8H,1-2H3. The Balaban J connectivity index is 2.42. The number of carbonyl (C=O) groups excluding carboxylic acids is 1. The highest BCUT2D eigenvalue weighted by molar-refractivity contribution is 6.07. The van der Waals surface area contributed by atoms with Crippen LogP contribution in [0.4, 0.5) is 0 Å². The van der Waals surface area contributed by atoms with E-state index in [9.17, 15) is 4.79 Å². The molecule has 3 heteroatoms. The topological polar surface area (TPSA) is 42.9 Å². The minimum absolute atomic E-state index is 0.0609. The molecule has 80 valence electrons. The van der Waals surface area contributed by atoms with E-state index in [1.165, 1.54) is 6.33 Å². The van der Waals surface area contributed by atoms with Crippen molar-refractivity contribution >= 4 is 5.78 Å². The molecule has 0 amide bonds. The van der Waals surface area contributed by atoms with Crippen LogP contribution in [0.15, 0.2) is 36.8 Å². The van der Waals surface area contributed by atoms with Crippen LogP contribution in [0, 0.1) is 13.8 Å². The van der Waals surface area contributed by atoms with Gasteiger partial charge in [0, 0.05) is 11.8 Å². The Kier molecular flexibility index (Phi) is 2.77. The molecular weight excluding hydrogens is 200 g/mol. The second-order valence-corrected chi connectivity index (χ2v) is 3.80. The monoisotopic (exact) mass is 212 g/mol. The molecule has 16 heavy (non-hydrogen) atoms. The van der Waals surface area contributed by atoms with Crippen LogP contribution in [-0.4, -0.2) is 15.8 Å². The maximum atomic E-state index is 12.1. The smallest absolute Gasteiger partial charge is 0.211 e. The second kappa shape index (κ2) is 4.23. The van der Waals surface area contributed by atoms with E-state index in [0.717, 1.165) is 11.1 Å². The van der Waals surface area contributed by atoms with E-state index in [-0.39, 0.29) is 5.78 Å². The molecule has 1 heterocycles. The molecule has 0 fully saturated rings. The lowest BCUT2D eigenvalue weighted by Crippen LogP contribution is -2.04. The third-order valence-corrected chi connectivity index (χ3v) is 2.30. The van der Waals surface area contributed by atoms with Crippen LogP contribution < -0.4 is 0 Å². The van der Waals surface area contributed by atoms with Crippen LogP contribution in [0.3, 0.4) is 0 Å². The first-order chi connectivity index (χ1) is 7.66. The Morgan fingerprint density at radius 2 is 1.81 bits per heavy atom. The summed E-state index contributed by atoms with van der Waals surface area (Å²) < 4.78 is 0. The Bertz CT molecular complexity index is 500. The number of nitrogens with zero attached hydrogens (tertiary/aromatic N) is 2. The molecular formula is C13H12N2O. The predicted octanol–water partition coefficient (Wildman–Crippen LogP) is 2.32. The van der Waals surface area contributed by atoms with E-state index < -0.39 is 0 Å². The highest BCUT2D eigenvalue weighted by atomic mass is 16.1. The van der Waals surface area contributed by atoms with Crippen LogP contribution in [0.25, 0.3) is 0 Å². The fraction of sp³-hybridized carbons (Fsp3) is 0.154. The number of ketones is 1. The van der Waals surface area contributed by atoms with Crippen molar-refractivity contribution in [2.45, 2.75) is 13.8 Å². The summed E-state index contributed by atoms with van der Waals surface area (Å²) in [6, 6.07) is 7.41. The van der Waals surface area contributed by atoms with E-state index in [2.05, 4.69) is 9.97 Å². The van der Waals surface area contributed by atoms with Crippen LogP contribution in [0.1, 0.15) is 27.2 Å². The van der Waals surface area contributed by atoms with Gasteiger partial charge in [-0.3, -0.25) is 4.79 Å². The molecule has 2 rings (SSSR count). The summed E-state index contributed by atoms with van der Waals surface area (Å²) in [7, 11) is 0. The first kappa shape index (κ1) is 10.5. The summed E-state index contributed by atoms with van der Waals surface area (Å²) >= 11 is 0. The molecule has 0 aliphatic carbocycles. The SMILES string of the molecule is Cc1cc(C)cc(C(=O)c2ccncn2)c1. The molecule has 0 bridgehead atoms. The fourth-order valence-corrected chi connectivity index (χ4v) is 1.68. The molecule has 0 aliphatic heterocycles. The minimum Gasteiger partial charge on any atom is -0.287 e. The summed E-state index contributed by atoms with van der Waals surface area (Å²) in [5, 5.41) is 0. The summed E-state index contributed by atoms with van der Waals surface area (Å²) in [6.45, 7) is 3.95. The van der Waals surface area contributed by atoms with E-state index >= 15 is 0 Å². The Morgan fingerprint density at radius 3 is 2.38 bits per heavy atom. The number of carbonyl (C=O) groups is 1. The minimum atomic E-state index is -0.0609. The van der Waals surface area contributed by atoms with Gasteiger partial charge in [0.2, 0.25) is 5.78 Å². The molecule has 0 saturated heterocycles. The van der Waals surface area contributed by atoms with Gasteiger partial charge in [-0.05, 0) is 32.0 Å². The van der Waals surface area contributed by atoms with Gasteiger partial charge < -0.3 is 0 Å². The normalized spacial score (nSPS) is 10.1. The molecule has 0 spiro atoms. The lowest BCUT2D eigenvalue weighted by atomic mass is 10.0. The van der Waals surface area contributed by atoms with Crippen LogP contribution in [0.5, 0.6) is 0 Å². The molecule has 0 aliphatic rings. The van der Waals surface area contributed by atoms with Gasteiger partial charge in [-0.15, -0.1) is 0 Å². The summed E-state index contributed by atoms with van der Waals surface area (Å²) in [5.41, 5.74) is 3.27. The number of hydrogen-bond acceptors (Lipinski definition) is 3. The largest absolute Gasteiger partial charge is 0.287 e. The maximum Gasteiger partial charge on any atom is 0.211 e. The third kappa shape index (κ3) is 2.14. The highest BCUT2D eigenvalue weighted by Crippen LogP contribution is 2.12. The van der Waals surface area contributed by atoms with Crippen molar-refractivity contribution in [3.63, 3.8) is 0 Å². The molecule has 3 nitrogen and oxygen atoms in total. The second-order valence-electron chi connectivity index (χ2n) is 3.80. The van der Waals surface area contributed by atoms with Crippen molar-refractivity contribution in [2.24, 2.45) is 0 Å². The number of rotatable bonds is 2. The zero-order chi connectivity index (χ0) is 11.5. The Labute approximate surface area is 94.2 Å². The fourth-order valence-electron chi connectivity index (χ4n) is 1.68. The van der Waals surface area contributed by atoms with Crippen molar-refractivity contribution in [3.8, 4) is 0 Å². The number of benzene rings is 1. The Hall–Kier alpha value is -2.03. The van der Waals surface area contributed by atoms with E-state index in [4.69, 9.17) is 0 Å². The molecule has 0 N–H and O–H groups in total. The van der Waals surface area contributed by atoms with Crippen LogP contribution in [0.2, 0.25) is 0 Å². The van der Waals surface area contributed by atoms with Crippen molar-refractivity contribution in [1.82, 2.24) is 9.97 Å². The number of hydrogen-bond donors (Lipinski definition) is 0. The predicted molar refractivity (Wildman–Crippen MR) is 61.4 cm³/mol. The van der Waals surface area contributed by atoms with Gasteiger partial charge in [0.05, 0.1) is 0 Å². The zero-order valence-corrected chi connectivity index (χ0v) is 9.27. The van der Waals surface area contributed by atoms with E-state index in [0.29, 0.717) is 11.3 Å². The number of aryl methyl sites for hydroxylation is 2.